The predicted molar refractivity (Wildman–Crippen MR) is 94.1 cm³/mol. The van der Waals surface area contributed by atoms with Gasteiger partial charge in [-0.15, -0.1) is 0 Å². The van der Waals surface area contributed by atoms with Crippen LogP contribution in [0.2, 0.25) is 0 Å². The summed E-state index contributed by atoms with van der Waals surface area (Å²) in [5.74, 6) is -0.425. The van der Waals surface area contributed by atoms with E-state index in [9.17, 15) is 14.4 Å². The van der Waals surface area contributed by atoms with Crippen LogP contribution in [0.5, 0.6) is 0 Å². The van der Waals surface area contributed by atoms with Gasteiger partial charge in [-0.2, -0.15) is 0 Å². The van der Waals surface area contributed by atoms with Crippen molar-refractivity contribution in [3.05, 3.63) is 34.6 Å². The Morgan fingerprint density at radius 1 is 1.17 bits per heavy atom. The van der Waals surface area contributed by atoms with Crippen molar-refractivity contribution in [3.63, 3.8) is 0 Å². The fourth-order valence-electron chi connectivity index (χ4n) is 2.16. The van der Waals surface area contributed by atoms with Crippen LogP contribution in [0.25, 0.3) is 10.9 Å². The predicted octanol–water partition coefficient (Wildman–Crippen LogP) is 0.761. The minimum Gasteiger partial charge on any atom is -0.355 e. The highest BCUT2D eigenvalue weighted by molar-refractivity contribution is 7.99. The van der Waals surface area contributed by atoms with Gasteiger partial charge in [-0.3, -0.25) is 19.0 Å². The zero-order chi connectivity index (χ0) is 17.5. The van der Waals surface area contributed by atoms with E-state index in [1.54, 1.807) is 22.8 Å². The van der Waals surface area contributed by atoms with Crippen molar-refractivity contribution in [2.24, 2.45) is 0 Å². The van der Waals surface area contributed by atoms with Crippen molar-refractivity contribution in [2.75, 3.05) is 18.8 Å². The SMILES string of the molecule is CCNC(=O)CNC(=O)CSc1nc2ccccc2c(=O)n1CC. The number of fused-ring (bicyclic) bond motifs is 1. The maximum atomic E-state index is 12.5. The second-order valence-electron chi connectivity index (χ2n) is 4.98. The van der Waals surface area contributed by atoms with Gasteiger partial charge in [0.25, 0.3) is 5.56 Å². The lowest BCUT2D eigenvalue weighted by Crippen LogP contribution is -2.37. The van der Waals surface area contributed by atoms with Crippen LogP contribution < -0.4 is 16.2 Å². The van der Waals surface area contributed by atoms with Crippen LogP contribution in [0.15, 0.2) is 34.2 Å². The van der Waals surface area contributed by atoms with E-state index in [2.05, 4.69) is 15.6 Å². The molecule has 1 aromatic heterocycles. The first-order valence-electron chi connectivity index (χ1n) is 7.72. The highest BCUT2D eigenvalue weighted by Crippen LogP contribution is 2.17. The molecular formula is C16H20N4O3S. The number of likely N-dealkylation sites (N-methyl/N-ethyl adjacent to an activating group) is 1. The third-order valence-corrected chi connectivity index (χ3v) is 4.27. The van der Waals surface area contributed by atoms with Gasteiger partial charge in [0, 0.05) is 13.1 Å². The number of hydrogen-bond acceptors (Lipinski definition) is 5. The minimum absolute atomic E-state index is 0.0566. The molecule has 0 aliphatic heterocycles. The van der Waals surface area contributed by atoms with Gasteiger partial charge in [-0.05, 0) is 26.0 Å². The summed E-state index contributed by atoms with van der Waals surface area (Å²) in [4.78, 5) is 40.1. The molecule has 2 N–H and O–H groups in total. The summed E-state index contributed by atoms with van der Waals surface area (Å²) in [6, 6.07) is 7.13. The molecule has 0 fully saturated rings. The fraction of sp³-hybridized carbons (Fsp3) is 0.375. The van der Waals surface area contributed by atoms with Crippen LogP contribution in [0, 0.1) is 0 Å². The summed E-state index contributed by atoms with van der Waals surface area (Å²) < 4.78 is 1.55. The fourth-order valence-corrected chi connectivity index (χ4v) is 3.05. The van der Waals surface area contributed by atoms with E-state index in [0.29, 0.717) is 29.1 Å². The first-order valence-corrected chi connectivity index (χ1v) is 8.71. The normalized spacial score (nSPS) is 10.6. The Labute approximate surface area is 143 Å². The number of hydrogen-bond donors (Lipinski definition) is 2. The van der Waals surface area contributed by atoms with Crippen LogP contribution in [0.1, 0.15) is 13.8 Å². The van der Waals surface area contributed by atoms with E-state index in [1.165, 1.54) is 11.8 Å². The molecule has 2 rings (SSSR count). The molecule has 0 aliphatic carbocycles. The molecular weight excluding hydrogens is 328 g/mol. The van der Waals surface area contributed by atoms with Crippen molar-refractivity contribution >= 4 is 34.5 Å². The lowest BCUT2D eigenvalue weighted by molar-refractivity contribution is -0.124. The second-order valence-corrected chi connectivity index (χ2v) is 5.92. The Bertz CT molecular complexity index is 803. The third-order valence-electron chi connectivity index (χ3n) is 3.30. The van der Waals surface area contributed by atoms with Crippen molar-refractivity contribution in [1.29, 1.82) is 0 Å². The van der Waals surface area contributed by atoms with E-state index >= 15 is 0 Å². The number of nitrogens with one attached hydrogen (secondary N) is 2. The second kappa shape index (κ2) is 8.49. The topological polar surface area (TPSA) is 93.1 Å². The van der Waals surface area contributed by atoms with Crippen LogP contribution in [0.3, 0.4) is 0 Å². The standard InChI is InChI=1S/C16H20N4O3S/c1-3-17-13(21)9-18-14(22)10-24-16-19-12-8-6-5-7-11(12)15(23)20(16)4-2/h5-8H,3-4,9-10H2,1-2H3,(H,17,21)(H,18,22). The molecule has 128 valence electrons. The Hall–Kier alpha value is -2.35. The molecule has 24 heavy (non-hydrogen) atoms. The van der Waals surface area contributed by atoms with Crippen molar-refractivity contribution in [2.45, 2.75) is 25.5 Å². The van der Waals surface area contributed by atoms with Gasteiger partial charge in [-0.1, -0.05) is 23.9 Å². The lowest BCUT2D eigenvalue weighted by atomic mass is 10.2. The average Bonchev–Trinajstić information content (AvgIpc) is 2.58. The summed E-state index contributed by atoms with van der Waals surface area (Å²) in [5.41, 5.74) is 0.491. The molecule has 0 aliphatic rings. The van der Waals surface area contributed by atoms with E-state index in [0.717, 1.165) is 0 Å². The van der Waals surface area contributed by atoms with E-state index in [4.69, 9.17) is 0 Å². The van der Waals surface area contributed by atoms with Gasteiger partial charge in [0.15, 0.2) is 5.16 Å². The number of rotatable bonds is 7. The lowest BCUT2D eigenvalue weighted by Gasteiger charge is -2.11. The molecule has 0 bridgehead atoms. The molecule has 1 aromatic carbocycles. The van der Waals surface area contributed by atoms with Gasteiger partial charge in [0.2, 0.25) is 11.8 Å². The molecule has 0 atom stereocenters. The Kier molecular flexibility index (Phi) is 6.36. The maximum absolute atomic E-state index is 12.5. The zero-order valence-electron chi connectivity index (χ0n) is 13.7. The van der Waals surface area contributed by atoms with Crippen LogP contribution in [0.4, 0.5) is 0 Å². The van der Waals surface area contributed by atoms with Crippen molar-refractivity contribution in [1.82, 2.24) is 20.2 Å². The Morgan fingerprint density at radius 3 is 2.62 bits per heavy atom. The van der Waals surface area contributed by atoms with E-state index < -0.39 is 0 Å². The first kappa shape index (κ1) is 18.0. The minimum atomic E-state index is -0.281. The molecule has 0 spiro atoms. The molecule has 7 nitrogen and oxygen atoms in total. The number of benzene rings is 1. The number of carbonyl (C=O) groups is 2. The largest absolute Gasteiger partial charge is 0.355 e. The zero-order valence-corrected chi connectivity index (χ0v) is 14.5. The number of para-hydroxylation sites is 1. The van der Waals surface area contributed by atoms with Gasteiger partial charge >= 0.3 is 0 Å². The number of nitrogens with zero attached hydrogens (tertiary/aromatic N) is 2. The van der Waals surface area contributed by atoms with Crippen LogP contribution in [-0.4, -0.2) is 40.2 Å². The van der Waals surface area contributed by atoms with Gasteiger partial charge in [0.05, 0.1) is 23.2 Å². The highest BCUT2D eigenvalue weighted by atomic mass is 32.2. The summed E-state index contributed by atoms with van der Waals surface area (Å²) in [7, 11) is 0. The molecule has 2 aromatic rings. The van der Waals surface area contributed by atoms with Crippen LogP contribution >= 0.6 is 11.8 Å². The molecule has 2 amide bonds. The monoisotopic (exact) mass is 348 g/mol. The maximum Gasteiger partial charge on any atom is 0.262 e. The van der Waals surface area contributed by atoms with Gasteiger partial charge < -0.3 is 10.6 Å². The quantitative estimate of drug-likeness (QED) is 0.569. The van der Waals surface area contributed by atoms with Gasteiger partial charge in [0.1, 0.15) is 0 Å². The van der Waals surface area contributed by atoms with Crippen LogP contribution in [-0.2, 0) is 16.1 Å². The van der Waals surface area contributed by atoms with E-state index in [1.807, 2.05) is 19.9 Å². The number of thioether (sulfide) groups is 1. The third kappa shape index (κ3) is 4.35. The average molecular weight is 348 g/mol. The smallest absolute Gasteiger partial charge is 0.262 e. The number of aromatic nitrogens is 2. The van der Waals surface area contributed by atoms with Crippen molar-refractivity contribution in [3.8, 4) is 0 Å². The molecule has 0 unspecified atom stereocenters. The Morgan fingerprint density at radius 2 is 1.92 bits per heavy atom. The summed E-state index contributed by atoms with van der Waals surface area (Å²) in [6.45, 7) is 4.60. The first-order chi connectivity index (χ1) is 11.6. The molecule has 8 heteroatoms. The molecule has 0 saturated carbocycles. The summed E-state index contributed by atoms with van der Waals surface area (Å²) in [5, 5.41) is 6.20. The Balaban J connectivity index is 2.08. The van der Waals surface area contributed by atoms with Crippen molar-refractivity contribution < 1.29 is 9.59 Å². The molecule has 1 heterocycles. The number of amides is 2. The number of carbonyl (C=O) groups excluding carboxylic acids is 2. The summed E-state index contributed by atoms with van der Waals surface area (Å²) in [6.07, 6.45) is 0. The molecule has 0 radical (unpaired) electrons. The van der Waals surface area contributed by atoms with Gasteiger partial charge in [-0.25, -0.2) is 4.98 Å². The van der Waals surface area contributed by atoms with E-state index in [-0.39, 0.29) is 29.7 Å². The molecule has 0 saturated heterocycles. The highest BCUT2D eigenvalue weighted by Gasteiger charge is 2.12. The summed E-state index contributed by atoms with van der Waals surface area (Å²) >= 11 is 1.18.